The summed E-state index contributed by atoms with van der Waals surface area (Å²) in [5, 5.41) is 2.52. The summed E-state index contributed by atoms with van der Waals surface area (Å²) in [6.07, 6.45) is 2.50. The van der Waals surface area contributed by atoms with Gasteiger partial charge in [-0.1, -0.05) is 41.9 Å². The van der Waals surface area contributed by atoms with E-state index in [9.17, 15) is 13.2 Å². The Hall–Kier alpha value is -2.64. The van der Waals surface area contributed by atoms with Crippen LogP contribution in [0.4, 0.5) is 6.01 Å². The summed E-state index contributed by atoms with van der Waals surface area (Å²) in [5.41, 5.74) is 1.55. The molecule has 3 aromatic rings. The average Bonchev–Trinajstić information content (AvgIpc) is 3.03. The third kappa shape index (κ3) is 3.89. The molecule has 1 aromatic heterocycles. The van der Waals surface area contributed by atoms with Crippen molar-refractivity contribution in [2.24, 2.45) is 0 Å². The Labute approximate surface area is 149 Å². The van der Waals surface area contributed by atoms with E-state index in [-0.39, 0.29) is 21.5 Å². The fourth-order valence-electron chi connectivity index (χ4n) is 2.15. The molecule has 1 heterocycles. The predicted molar refractivity (Wildman–Crippen MR) is 94.5 cm³/mol. The molecule has 8 heteroatoms. The van der Waals surface area contributed by atoms with Gasteiger partial charge in [-0.3, -0.25) is 10.1 Å². The highest BCUT2D eigenvalue weighted by Crippen LogP contribution is 2.23. The number of nitrogens with zero attached hydrogens (tertiary/aromatic N) is 1. The second kappa shape index (κ2) is 6.70. The number of anilines is 1. The van der Waals surface area contributed by atoms with Gasteiger partial charge in [-0.15, -0.1) is 0 Å². The van der Waals surface area contributed by atoms with E-state index in [0.717, 1.165) is 11.8 Å². The fourth-order valence-corrected chi connectivity index (χ4v) is 3.13. The highest BCUT2D eigenvalue weighted by atomic mass is 35.5. The summed E-state index contributed by atoms with van der Waals surface area (Å²) in [5.74, 6) is -0.550. The quantitative estimate of drug-likeness (QED) is 0.750. The van der Waals surface area contributed by atoms with Gasteiger partial charge in [0.05, 0.1) is 15.5 Å². The van der Waals surface area contributed by atoms with E-state index in [0.29, 0.717) is 5.69 Å². The Morgan fingerprint density at radius 3 is 2.52 bits per heavy atom. The summed E-state index contributed by atoms with van der Waals surface area (Å²) >= 11 is 6.02. The first-order valence-corrected chi connectivity index (χ1v) is 9.43. The van der Waals surface area contributed by atoms with Crippen molar-refractivity contribution in [2.45, 2.75) is 4.90 Å². The van der Waals surface area contributed by atoms with Crippen molar-refractivity contribution < 1.29 is 17.6 Å². The Bertz CT molecular complexity index is 1030. The average molecular weight is 377 g/mol. The van der Waals surface area contributed by atoms with Gasteiger partial charge in [0.1, 0.15) is 12.0 Å². The van der Waals surface area contributed by atoms with Crippen LogP contribution in [0.25, 0.3) is 11.3 Å². The van der Waals surface area contributed by atoms with Crippen molar-refractivity contribution in [1.82, 2.24) is 4.98 Å². The van der Waals surface area contributed by atoms with Gasteiger partial charge in [-0.05, 0) is 18.2 Å². The largest absolute Gasteiger partial charge is 0.431 e. The van der Waals surface area contributed by atoms with Crippen molar-refractivity contribution in [3.05, 3.63) is 65.4 Å². The molecule has 0 spiro atoms. The topological polar surface area (TPSA) is 89.3 Å². The summed E-state index contributed by atoms with van der Waals surface area (Å²) in [7, 11) is -3.40. The number of sulfone groups is 1. The SMILES string of the molecule is CS(=O)(=O)c1ccc(C(=O)Nc2nc(-c3ccccc3)co2)c(Cl)c1. The molecule has 0 aliphatic carbocycles. The van der Waals surface area contributed by atoms with Gasteiger partial charge in [0, 0.05) is 11.8 Å². The highest BCUT2D eigenvalue weighted by molar-refractivity contribution is 7.90. The second-order valence-corrected chi connectivity index (χ2v) is 7.69. The minimum absolute atomic E-state index is 0.0205. The summed E-state index contributed by atoms with van der Waals surface area (Å²) in [6, 6.07) is 13.3. The Balaban J connectivity index is 1.80. The number of amides is 1. The van der Waals surface area contributed by atoms with Crippen LogP contribution in [0, 0.1) is 0 Å². The molecule has 0 aliphatic heterocycles. The standard InChI is InChI=1S/C17H13ClN2O4S/c1-25(22,23)12-7-8-13(14(18)9-12)16(21)20-17-19-15(10-24-17)11-5-3-2-4-6-11/h2-10H,1H3,(H,19,20,21). The molecule has 6 nitrogen and oxygen atoms in total. The molecular formula is C17H13ClN2O4S. The van der Waals surface area contributed by atoms with Gasteiger partial charge < -0.3 is 4.42 Å². The second-order valence-electron chi connectivity index (χ2n) is 5.27. The van der Waals surface area contributed by atoms with Gasteiger partial charge in [-0.25, -0.2) is 8.42 Å². The first kappa shape index (κ1) is 17.2. The molecule has 1 N–H and O–H groups in total. The van der Waals surface area contributed by atoms with Crippen LogP contribution >= 0.6 is 11.6 Å². The van der Waals surface area contributed by atoms with E-state index in [1.54, 1.807) is 0 Å². The smallest absolute Gasteiger partial charge is 0.302 e. The first-order chi connectivity index (χ1) is 11.8. The monoisotopic (exact) mass is 376 g/mol. The number of benzene rings is 2. The normalized spacial score (nSPS) is 11.3. The minimum atomic E-state index is -3.40. The molecule has 0 aliphatic rings. The van der Waals surface area contributed by atoms with Crippen LogP contribution in [0.15, 0.2) is 64.1 Å². The molecule has 0 fully saturated rings. The Morgan fingerprint density at radius 2 is 1.88 bits per heavy atom. The molecule has 0 bridgehead atoms. The number of hydrogen-bond donors (Lipinski definition) is 1. The van der Waals surface area contributed by atoms with E-state index in [1.807, 2.05) is 30.3 Å². The van der Waals surface area contributed by atoms with E-state index in [1.165, 1.54) is 24.5 Å². The molecule has 2 aromatic carbocycles. The van der Waals surface area contributed by atoms with E-state index >= 15 is 0 Å². The number of carbonyl (C=O) groups excluding carboxylic acids is 1. The van der Waals surface area contributed by atoms with Crippen LogP contribution in [-0.2, 0) is 9.84 Å². The van der Waals surface area contributed by atoms with Gasteiger partial charge in [0.15, 0.2) is 9.84 Å². The number of halogens is 1. The zero-order valence-electron chi connectivity index (χ0n) is 13.1. The summed E-state index contributed by atoms with van der Waals surface area (Å²) in [6.45, 7) is 0. The first-order valence-electron chi connectivity index (χ1n) is 7.16. The number of rotatable bonds is 4. The van der Waals surface area contributed by atoms with Crippen molar-refractivity contribution in [1.29, 1.82) is 0 Å². The Kier molecular flexibility index (Phi) is 4.61. The van der Waals surface area contributed by atoms with Gasteiger partial charge >= 0.3 is 6.01 Å². The van der Waals surface area contributed by atoms with E-state index < -0.39 is 15.7 Å². The molecule has 0 saturated heterocycles. The third-order valence-electron chi connectivity index (χ3n) is 3.41. The lowest BCUT2D eigenvalue weighted by Crippen LogP contribution is -2.13. The lowest BCUT2D eigenvalue weighted by molar-refractivity contribution is 0.102. The van der Waals surface area contributed by atoms with Crippen LogP contribution in [0.3, 0.4) is 0 Å². The molecule has 3 rings (SSSR count). The van der Waals surface area contributed by atoms with Crippen molar-refractivity contribution in [3.63, 3.8) is 0 Å². The molecule has 0 unspecified atom stereocenters. The maximum absolute atomic E-state index is 12.3. The minimum Gasteiger partial charge on any atom is -0.431 e. The number of carbonyl (C=O) groups is 1. The summed E-state index contributed by atoms with van der Waals surface area (Å²) in [4.78, 5) is 16.5. The fraction of sp³-hybridized carbons (Fsp3) is 0.0588. The van der Waals surface area contributed by atoms with Crippen LogP contribution in [0.2, 0.25) is 5.02 Å². The predicted octanol–water partition coefficient (Wildman–Crippen LogP) is 3.65. The maximum Gasteiger partial charge on any atom is 0.302 e. The highest BCUT2D eigenvalue weighted by Gasteiger charge is 2.17. The molecule has 128 valence electrons. The third-order valence-corrected chi connectivity index (χ3v) is 4.83. The molecule has 0 saturated carbocycles. The zero-order valence-corrected chi connectivity index (χ0v) is 14.6. The molecule has 1 amide bonds. The van der Waals surface area contributed by atoms with Crippen molar-refractivity contribution in [2.75, 3.05) is 11.6 Å². The van der Waals surface area contributed by atoms with Crippen LogP contribution in [-0.4, -0.2) is 25.6 Å². The molecular weight excluding hydrogens is 364 g/mol. The Morgan fingerprint density at radius 1 is 1.16 bits per heavy atom. The lowest BCUT2D eigenvalue weighted by Gasteiger charge is -2.05. The van der Waals surface area contributed by atoms with Crippen LogP contribution < -0.4 is 5.32 Å². The maximum atomic E-state index is 12.3. The number of nitrogens with one attached hydrogen (secondary N) is 1. The summed E-state index contributed by atoms with van der Waals surface area (Å²) < 4.78 is 28.3. The van der Waals surface area contributed by atoms with E-state index in [4.69, 9.17) is 16.0 Å². The molecule has 0 atom stereocenters. The number of aromatic nitrogens is 1. The van der Waals surface area contributed by atoms with Crippen LogP contribution in [0.1, 0.15) is 10.4 Å². The van der Waals surface area contributed by atoms with Crippen LogP contribution in [0.5, 0.6) is 0 Å². The molecule has 0 radical (unpaired) electrons. The number of hydrogen-bond acceptors (Lipinski definition) is 5. The molecule has 25 heavy (non-hydrogen) atoms. The lowest BCUT2D eigenvalue weighted by atomic mass is 10.2. The van der Waals surface area contributed by atoms with Crippen molar-refractivity contribution in [3.8, 4) is 11.3 Å². The van der Waals surface area contributed by atoms with Gasteiger partial charge in [-0.2, -0.15) is 4.98 Å². The van der Waals surface area contributed by atoms with Gasteiger partial charge in [0.25, 0.3) is 5.91 Å². The van der Waals surface area contributed by atoms with E-state index in [2.05, 4.69) is 10.3 Å². The zero-order chi connectivity index (χ0) is 18.0. The number of oxazole rings is 1. The van der Waals surface area contributed by atoms with Gasteiger partial charge in [0.2, 0.25) is 0 Å². The van der Waals surface area contributed by atoms with Crippen molar-refractivity contribution >= 4 is 33.4 Å².